The summed E-state index contributed by atoms with van der Waals surface area (Å²) in [5.74, 6) is -1.11. The lowest BCUT2D eigenvalue weighted by atomic mass is 10.4. The third-order valence-corrected chi connectivity index (χ3v) is 5.95. The number of thiophene rings is 1. The summed E-state index contributed by atoms with van der Waals surface area (Å²) < 4.78 is 28.4. The number of carbonyl (C=O) groups is 1. The van der Waals surface area contributed by atoms with Crippen LogP contribution in [0.3, 0.4) is 0 Å². The fraction of sp³-hybridized carbons (Fsp3) is 0.333. The number of sulfonamides is 1. The molecule has 9 heteroatoms. The van der Waals surface area contributed by atoms with E-state index in [2.05, 4.69) is 9.71 Å². The van der Waals surface area contributed by atoms with Crippen LogP contribution in [0.4, 0.5) is 0 Å². The van der Waals surface area contributed by atoms with Crippen molar-refractivity contribution in [1.82, 2.24) is 14.3 Å². The first kappa shape index (κ1) is 15.7. The van der Waals surface area contributed by atoms with Crippen molar-refractivity contribution in [1.29, 1.82) is 0 Å². The summed E-state index contributed by atoms with van der Waals surface area (Å²) in [5.41, 5.74) is -0.0660. The highest BCUT2D eigenvalue weighted by Crippen LogP contribution is 2.21. The highest BCUT2D eigenvalue weighted by molar-refractivity contribution is 7.91. The largest absolute Gasteiger partial charge is 0.476 e. The van der Waals surface area contributed by atoms with Gasteiger partial charge in [0.2, 0.25) is 10.0 Å². The van der Waals surface area contributed by atoms with Gasteiger partial charge in [-0.1, -0.05) is 6.92 Å². The van der Waals surface area contributed by atoms with Gasteiger partial charge in [-0.25, -0.2) is 22.9 Å². The highest BCUT2D eigenvalue weighted by Gasteiger charge is 2.16. The SMILES string of the molecule is CCc1ccc(S(=O)(=O)NCCn2cnc(C(=O)O)c2)s1. The summed E-state index contributed by atoms with van der Waals surface area (Å²) in [6, 6.07) is 3.39. The fourth-order valence-corrected chi connectivity index (χ4v) is 4.03. The number of carboxylic acids is 1. The van der Waals surface area contributed by atoms with Gasteiger partial charge in [-0.15, -0.1) is 11.3 Å². The van der Waals surface area contributed by atoms with E-state index in [-0.39, 0.29) is 16.4 Å². The van der Waals surface area contributed by atoms with Crippen LogP contribution in [0.1, 0.15) is 22.3 Å². The van der Waals surface area contributed by atoms with Crippen LogP contribution < -0.4 is 4.72 Å². The Morgan fingerprint density at radius 3 is 2.81 bits per heavy atom. The van der Waals surface area contributed by atoms with Crippen molar-refractivity contribution in [2.45, 2.75) is 24.1 Å². The van der Waals surface area contributed by atoms with E-state index in [1.54, 1.807) is 12.1 Å². The Morgan fingerprint density at radius 2 is 2.24 bits per heavy atom. The molecule has 2 rings (SSSR count). The number of aromatic nitrogens is 2. The fourth-order valence-electron chi connectivity index (χ4n) is 1.67. The molecule has 7 nitrogen and oxygen atoms in total. The Labute approximate surface area is 126 Å². The van der Waals surface area contributed by atoms with Crippen LogP contribution >= 0.6 is 11.3 Å². The van der Waals surface area contributed by atoms with Crippen LogP contribution in [0.2, 0.25) is 0 Å². The number of imidazole rings is 1. The minimum Gasteiger partial charge on any atom is -0.476 e. The lowest BCUT2D eigenvalue weighted by Gasteiger charge is -2.05. The van der Waals surface area contributed by atoms with E-state index in [0.29, 0.717) is 6.54 Å². The smallest absolute Gasteiger partial charge is 0.356 e. The number of hydrogen-bond acceptors (Lipinski definition) is 5. The summed E-state index contributed by atoms with van der Waals surface area (Å²) >= 11 is 1.25. The van der Waals surface area contributed by atoms with Gasteiger partial charge in [0.25, 0.3) is 0 Å². The number of hydrogen-bond donors (Lipinski definition) is 2. The van der Waals surface area contributed by atoms with Crippen LogP contribution in [0.15, 0.2) is 28.9 Å². The number of rotatable bonds is 7. The molecule has 0 atom stereocenters. The Balaban J connectivity index is 1.93. The number of aromatic carboxylic acids is 1. The maximum absolute atomic E-state index is 12.0. The van der Waals surface area contributed by atoms with Gasteiger partial charge < -0.3 is 9.67 Å². The summed E-state index contributed by atoms with van der Waals surface area (Å²) in [6.07, 6.45) is 3.52. The molecule has 114 valence electrons. The molecule has 0 aromatic carbocycles. The molecule has 0 aliphatic rings. The highest BCUT2D eigenvalue weighted by atomic mass is 32.2. The first-order valence-electron chi connectivity index (χ1n) is 6.26. The van der Waals surface area contributed by atoms with Crippen molar-refractivity contribution in [3.8, 4) is 0 Å². The molecule has 0 saturated carbocycles. The zero-order valence-electron chi connectivity index (χ0n) is 11.3. The van der Waals surface area contributed by atoms with Crippen LogP contribution in [0.25, 0.3) is 0 Å². The number of nitrogens with zero attached hydrogens (tertiary/aromatic N) is 2. The molecule has 2 aromatic rings. The van der Waals surface area contributed by atoms with Gasteiger partial charge in [-0.3, -0.25) is 0 Å². The molecule has 0 spiro atoms. The Kier molecular flexibility index (Phi) is 4.76. The van der Waals surface area contributed by atoms with Crippen molar-refractivity contribution in [3.05, 3.63) is 35.2 Å². The average Bonchev–Trinajstić information content (AvgIpc) is 3.07. The van der Waals surface area contributed by atoms with E-state index in [1.165, 1.54) is 28.4 Å². The van der Waals surface area contributed by atoms with Gasteiger partial charge in [0, 0.05) is 24.2 Å². The van der Waals surface area contributed by atoms with Crippen molar-refractivity contribution in [2.24, 2.45) is 0 Å². The molecule has 2 heterocycles. The topological polar surface area (TPSA) is 101 Å². The Hall–Kier alpha value is -1.71. The summed E-state index contributed by atoms with van der Waals surface area (Å²) in [7, 11) is -3.51. The molecule has 21 heavy (non-hydrogen) atoms. The minimum absolute atomic E-state index is 0.0660. The molecule has 0 unspecified atom stereocenters. The van der Waals surface area contributed by atoms with Gasteiger partial charge in [-0.05, 0) is 18.6 Å². The number of nitrogens with one attached hydrogen (secondary N) is 1. The molecule has 0 saturated heterocycles. The molecule has 0 fully saturated rings. The second-order valence-electron chi connectivity index (χ2n) is 4.27. The summed E-state index contributed by atoms with van der Waals surface area (Å²) in [5, 5.41) is 8.74. The van der Waals surface area contributed by atoms with Crippen molar-refractivity contribution >= 4 is 27.3 Å². The molecule has 2 N–H and O–H groups in total. The quantitative estimate of drug-likeness (QED) is 0.794. The zero-order chi connectivity index (χ0) is 15.5. The normalized spacial score (nSPS) is 11.7. The zero-order valence-corrected chi connectivity index (χ0v) is 12.9. The molecule has 0 aliphatic heterocycles. The van der Waals surface area contributed by atoms with Crippen LogP contribution in [-0.4, -0.2) is 35.6 Å². The van der Waals surface area contributed by atoms with Crippen molar-refractivity contribution < 1.29 is 18.3 Å². The first-order chi connectivity index (χ1) is 9.92. The second kappa shape index (κ2) is 6.37. The van der Waals surface area contributed by atoms with E-state index >= 15 is 0 Å². The molecule has 0 radical (unpaired) electrons. The molecular weight excluding hydrogens is 314 g/mol. The molecular formula is C12H15N3O4S2. The average molecular weight is 329 g/mol. The van der Waals surface area contributed by atoms with Gasteiger partial charge in [0.1, 0.15) is 4.21 Å². The minimum atomic E-state index is -3.51. The predicted octanol–water partition coefficient (Wildman–Crippen LogP) is 1.18. The Morgan fingerprint density at radius 1 is 1.48 bits per heavy atom. The van der Waals surface area contributed by atoms with E-state index < -0.39 is 16.0 Å². The second-order valence-corrected chi connectivity index (χ2v) is 7.44. The van der Waals surface area contributed by atoms with Crippen LogP contribution in [-0.2, 0) is 23.0 Å². The maximum atomic E-state index is 12.0. The predicted molar refractivity (Wildman–Crippen MR) is 78.1 cm³/mol. The van der Waals surface area contributed by atoms with Gasteiger partial charge in [0.15, 0.2) is 5.69 Å². The lowest BCUT2D eigenvalue weighted by molar-refractivity contribution is 0.0691. The van der Waals surface area contributed by atoms with Gasteiger partial charge in [0.05, 0.1) is 6.33 Å². The van der Waals surface area contributed by atoms with Gasteiger partial charge in [-0.2, -0.15) is 0 Å². The molecule has 0 bridgehead atoms. The number of carboxylic acid groups (broad SMARTS) is 1. The van der Waals surface area contributed by atoms with Crippen molar-refractivity contribution in [3.63, 3.8) is 0 Å². The molecule has 0 amide bonds. The lowest BCUT2D eigenvalue weighted by Crippen LogP contribution is -2.26. The monoisotopic (exact) mass is 329 g/mol. The number of aryl methyl sites for hydroxylation is 1. The van der Waals surface area contributed by atoms with Crippen molar-refractivity contribution in [2.75, 3.05) is 6.54 Å². The van der Waals surface area contributed by atoms with E-state index in [9.17, 15) is 13.2 Å². The third-order valence-electron chi connectivity index (χ3n) is 2.76. The summed E-state index contributed by atoms with van der Waals surface area (Å²) in [6.45, 7) is 2.44. The van der Waals surface area contributed by atoms with Crippen LogP contribution in [0.5, 0.6) is 0 Å². The first-order valence-corrected chi connectivity index (χ1v) is 8.56. The van der Waals surface area contributed by atoms with Crippen LogP contribution in [0, 0.1) is 0 Å². The molecule has 0 aliphatic carbocycles. The van der Waals surface area contributed by atoms with E-state index in [4.69, 9.17) is 5.11 Å². The van der Waals surface area contributed by atoms with E-state index in [1.807, 2.05) is 6.92 Å². The molecule has 2 aromatic heterocycles. The van der Waals surface area contributed by atoms with Gasteiger partial charge >= 0.3 is 5.97 Å². The van der Waals surface area contributed by atoms with E-state index in [0.717, 1.165) is 11.3 Å². The maximum Gasteiger partial charge on any atom is 0.356 e. The summed E-state index contributed by atoms with van der Waals surface area (Å²) in [4.78, 5) is 15.4. The third kappa shape index (κ3) is 3.90. The standard InChI is InChI=1S/C12H15N3O4S2/c1-2-9-3-4-11(20-9)21(18,19)14-5-6-15-7-10(12(16)17)13-8-15/h3-4,7-8,14H,2,5-6H2,1H3,(H,16,17). The Bertz CT molecular complexity index is 733.